The van der Waals surface area contributed by atoms with Crippen molar-refractivity contribution in [1.29, 1.82) is 0 Å². The Hall–Kier alpha value is -6.41. The summed E-state index contributed by atoms with van der Waals surface area (Å²) in [6.07, 6.45) is -21.9. The summed E-state index contributed by atoms with van der Waals surface area (Å²) in [5.41, 5.74) is 2.29. The molecule has 3 aliphatic rings. The number of rotatable bonds is 23. The molecule has 0 radical (unpaired) electrons. The fourth-order valence-corrected chi connectivity index (χ4v) is 8.81. The summed E-state index contributed by atoms with van der Waals surface area (Å²) in [5, 5.41) is 14.6. The molecule has 0 aliphatic carbocycles. The van der Waals surface area contributed by atoms with Gasteiger partial charge in [0.1, 0.15) is 62.0 Å². The molecule has 2 N–H and O–H groups in total. The molecule has 76 heavy (non-hydrogen) atoms. The van der Waals surface area contributed by atoms with Crippen molar-refractivity contribution in [3.63, 3.8) is 0 Å². The van der Waals surface area contributed by atoms with Crippen LogP contribution in [0.5, 0.6) is 0 Å². The molecule has 3 fully saturated rings. The van der Waals surface area contributed by atoms with Crippen molar-refractivity contribution in [2.75, 3.05) is 19.8 Å². The summed E-state index contributed by atoms with van der Waals surface area (Å²) >= 11 is 0. The number of benzene rings is 3. The second-order valence-corrected chi connectivity index (χ2v) is 18.0. The van der Waals surface area contributed by atoms with Gasteiger partial charge in [-0.25, -0.2) is 0 Å². The molecule has 0 saturated carbocycles. The highest BCUT2D eigenvalue weighted by molar-refractivity contribution is 5.73. The summed E-state index contributed by atoms with van der Waals surface area (Å²) < 4.78 is 85.6. The second-order valence-electron chi connectivity index (χ2n) is 18.0. The normalized spacial score (nSPS) is 29.2. The molecule has 3 heterocycles. The van der Waals surface area contributed by atoms with E-state index < -0.39 is 147 Å². The van der Waals surface area contributed by atoms with Crippen LogP contribution in [0.4, 0.5) is 0 Å². The van der Waals surface area contributed by atoms with E-state index in [1.807, 2.05) is 91.0 Å². The molecule has 3 aromatic carbocycles. The SMILES string of the molecule is CC(=O)N[C@H]1[C@H](O[C@H]2[C@H](OCc3ccccc3)[C@@H](OCc3ccccc3)[C@H](O)O[C@@H]2COCc2ccccc2)O[C@H](COC(C)=O)[C@@H](OC(C)=O)[C@@H]1O[C@@H]1O[C@H](COC(C)=O)[C@H](OC(C)=O)[C@H](OC(C)=O)[C@H]1OC(C)=O. The van der Waals surface area contributed by atoms with Crippen LogP contribution < -0.4 is 5.32 Å². The highest BCUT2D eigenvalue weighted by Gasteiger charge is 2.59. The molecule has 0 aromatic heterocycles. The number of aliphatic hydroxyl groups excluding tert-OH is 1. The number of hydrogen-bond donors (Lipinski definition) is 2. The smallest absolute Gasteiger partial charge is 0.303 e. The van der Waals surface area contributed by atoms with Crippen molar-refractivity contribution in [2.45, 2.75) is 160 Å². The van der Waals surface area contributed by atoms with Gasteiger partial charge in [0, 0.05) is 48.5 Å². The summed E-state index contributed by atoms with van der Waals surface area (Å²) in [4.78, 5) is 89.5. The predicted molar refractivity (Wildman–Crippen MR) is 257 cm³/mol. The average Bonchev–Trinajstić information content (AvgIpc) is 3.36. The molecule has 3 saturated heterocycles. The lowest BCUT2D eigenvalue weighted by Crippen LogP contribution is -2.71. The topological polar surface area (TPSA) is 281 Å². The van der Waals surface area contributed by atoms with Crippen LogP contribution >= 0.6 is 0 Å². The molecule has 6 rings (SSSR count). The highest BCUT2D eigenvalue weighted by atomic mass is 16.8. The van der Waals surface area contributed by atoms with Crippen LogP contribution in [-0.4, -0.2) is 159 Å². The maximum absolute atomic E-state index is 13.5. The number of aliphatic hydroxyl groups is 1. The number of carbonyl (C=O) groups excluding carboxylic acids is 7. The summed E-state index contributed by atoms with van der Waals surface area (Å²) in [7, 11) is 0. The van der Waals surface area contributed by atoms with E-state index in [2.05, 4.69) is 5.32 Å². The van der Waals surface area contributed by atoms with Gasteiger partial charge in [0.05, 0.1) is 26.4 Å². The lowest BCUT2D eigenvalue weighted by Gasteiger charge is -2.51. The molecular weight excluding hydrogens is 1000 g/mol. The number of nitrogens with one attached hydrogen (secondary N) is 1. The molecule has 23 heteroatoms. The maximum atomic E-state index is 13.5. The minimum absolute atomic E-state index is 0.0199. The van der Waals surface area contributed by atoms with Gasteiger partial charge in [0.15, 0.2) is 43.3 Å². The molecule has 1 amide bonds. The number of hydrogen-bond acceptors (Lipinski definition) is 22. The van der Waals surface area contributed by atoms with Gasteiger partial charge in [-0.15, -0.1) is 0 Å². The second kappa shape index (κ2) is 28.6. The third kappa shape index (κ3) is 17.3. The summed E-state index contributed by atoms with van der Waals surface area (Å²) in [6.45, 7) is 6.11. The van der Waals surface area contributed by atoms with Gasteiger partial charge >= 0.3 is 35.8 Å². The molecule has 3 aliphatic heterocycles. The van der Waals surface area contributed by atoms with E-state index in [1.54, 1.807) is 0 Å². The summed E-state index contributed by atoms with van der Waals surface area (Å²) in [6, 6.07) is 25.9. The molecule has 0 unspecified atom stereocenters. The van der Waals surface area contributed by atoms with Crippen molar-refractivity contribution in [1.82, 2.24) is 5.32 Å². The molecule has 3 aromatic rings. The quantitative estimate of drug-likeness (QED) is 0.102. The molecule has 23 nitrogen and oxygen atoms in total. The van der Waals surface area contributed by atoms with E-state index in [0.29, 0.717) is 0 Å². The van der Waals surface area contributed by atoms with Gasteiger partial charge < -0.3 is 76.7 Å². The minimum atomic E-state index is -1.92. The van der Waals surface area contributed by atoms with Crippen LogP contribution in [-0.2, 0) is 120 Å². The van der Waals surface area contributed by atoms with E-state index in [1.165, 1.54) is 0 Å². The van der Waals surface area contributed by atoms with Crippen LogP contribution in [0.3, 0.4) is 0 Å². The lowest BCUT2D eigenvalue weighted by molar-refractivity contribution is -0.369. The first kappa shape index (κ1) is 58.8. The third-order valence-corrected chi connectivity index (χ3v) is 11.9. The van der Waals surface area contributed by atoms with Gasteiger partial charge in [-0.1, -0.05) is 91.0 Å². The Labute approximate surface area is 438 Å². The Morgan fingerprint density at radius 3 is 1.32 bits per heavy atom. The number of carbonyl (C=O) groups is 7. The Morgan fingerprint density at radius 2 is 0.842 bits per heavy atom. The van der Waals surface area contributed by atoms with Crippen molar-refractivity contribution >= 4 is 41.7 Å². The van der Waals surface area contributed by atoms with Crippen LogP contribution in [0, 0.1) is 0 Å². The first-order valence-corrected chi connectivity index (χ1v) is 24.5. The largest absolute Gasteiger partial charge is 0.463 e. The Kier molecular flexibility index (Phi) is 22.2. The van der Waals surface area contributed by atoms with E-state index in [0.717, 1.165) is 65.2 Å². The predicted octanol–water partition coefficient (Wildman–Crippen LogP) is 2.67. The van der Waals surface area contributed by atoms with E-state index in [4.69, 9.17) is 66.3 Å². The lowest BCUT2D eigenvalue weighted by atomic mass is 9.93. The molecule has 0 spiro atoms. The van der Waals surface area contributed by atoms with E-state index in [-0.39, 0.29) is 26.4 Å². The van der Waals surface area contributed by atoms with Crippen LogP contribution in [0.15, 0.2) is 91.0 Å². The highest BCUT2D eigenvalue weighted by Crippen LogP contribution is 2.37. The first-order valence-electron chi connectivity index (χ1n) is 24.5. The van der Waals surface area contributed by atoms with Gasteiger partial charge in [-0.05, 0) is 16.7 Å². The molecule has 15 atom stereocenters. The van der Waals surface area contributed by atoms with Crippen molar-refractivity contribution in [3.05, 3.63) is 108 Å². The Morgan fingerprint density at radius 1 is 0.434 bits per heavy atom. The van der Waals surface area contributed by atoms with Crippen molar-refractivity contribution in [2.24, 2.45) is 0 Å². The van der Waals surface area contributed by atoms with Gasteiger partial charge in [0.25, 0.3) is 0 Å². The average molecular weight is 1070 g/mol. The van der Waals surface area contributed by atoms with Crippen LogP contribution in [0.2, 0.25) is 0 Å². The van der Waals surface area contributed by atoms with Crippen molar-refractivity contribution in [3.8, 4) is 0 Å². The van der Waals surface area contributed by atoms with Gasteiger partial charge in [-0.2, -0.15) is 0 Å². The van der Waals surface area contributed by atoms with Crippen LogP contribution in [0.1, 0.15) is 65.2 Å². The molecule has 414 valence electrons. The number of ether oxygens (including phenoxy) is 14. The minimum Gasteiger partial charge on any atom is -0.463 e. The Bertz CT molecular complexity index is 2380. The van der Waals surface area contributed by atoms with E-state index >= 15 is 0 Å². The standard InChI is InChI=1S/C53H65NO22/c1-29(55)54-42-46(76-53-50(71-35(7)61)48(70-34(6)60)45(69-33(5)59)41(74-53)28-65-31(3)57)43(68-32(4)58)40(27-64-30(2)56)73-52(42)75-44-39(26-63-23-36-17-11-8-12-18-36)72-51(62)49(67-25-38-21-15-10-16-22-38)47(44)66-24-37-19-13-9-14-20-37/h8-22,39-53,62H,23-28H2,1-7H3,(H,54,55)/t39-,40-,41-,42-,43-,44-,45+,46-,47+,48+,49-,50-,51-,52+,53+/m1/s1. The van der Waals surface area contributed by atoms with E-state index in [9.17, 15) is 38.7 Å². The molecular formula is C53H65NO22. The fourth-order valence-electron chi connectivity index (χ4n) is 8.81. The van der Waals surface area contributed by atoms with Gasteiger partial charge in [-0.3, -0.25) is 33.6 Å². The monoisotopic (exact) mass is 1070 g/mol. The Balaban J connectivity index is 1.48. The molecule has 0 bridgehead atoms. The zero-order valence-corrected chi connectivity index (χ0v) is 43.1. The third-order valence-electron chi connectivity index (χ3n) is 11.9. The van der Waals surface area contributed by atoms with Gasteiger partial charge in [0.2, 0.25) is 5.91 Å². The number of esters is 6. The van der Waals surface area contributed by atoms with Crippen molar-refractivity contribution < 1.29 is 105 Å². The van der Waals surface area contributed by atoms with Crippen LogP contribution in [0.25, 0.3) is 0 Å². The first-order chi connectivity index (χ1) is 36.4. The zero-order valence-electron chi connectivity index (χ0n) is 43.1. The summed E-state index contributed by atoms with van der Waals surface area (Å²) in [5.74, 6) is -5.96. The number of amides is 1. The maximum Gasteiger partial charge on any atom is 0.303 e. The zero-order chi connectivity index (χ0) is 54.9. The fraction of sp³-hybridized carbons (Fsp3) is 0.528.